The summed E-state index contributed by atoms with van der Waals surface area (Å²) in [5.74, 6) is 0.219. The van der Waals surface area contributed by atoms with Crippen LogP contribution in [0, 0.1) is 0 Å². The lowest BCUT2D eigenvalue weighted by atomic mass is 10.2. The predicted molar refractivity (Wildman–Crippen MR) is 114 cm³/mol. The van der Waals surface area contributed by atoms with Crippen molar-refractivity contribution >= 4 is 40.6 Å². The fourth-order valence-electron chi connectivity index (χ4n) is 3.15. The normalized spacial score (nSPS) is 18.4. The molecule has 3 heterocycles. The van der Waals surface area contributed by atoms with Gasteiger partial charge in [-0.3, -0.25) is 15.0 Å². The van der Waals surface area contributed by atoms with Gasteiger partial charge in [0.15, 0.2) is 0 Å². The van der Waals surface area contributed by atoms with Crippen molar-refractivity contribution in [1.82, 2.24) is 15.1 Å². The summed E-state index contributed by atoms with van der Waals surface area (Å²) in [6.07, 6.45) is 3.69. The second kappa shape index (κ2) is 9.54. The fourth-order valence-corrected chi connectivity index (χ4v) is 3.80. The van der Waals surface area contributed by atoms with E-state index in [1.54, 1.807) is 30.5 Å². The van der Waals surface area contributed by atoms with Crippen LogP contribution in [-0.2, 0) is 16.1 Å². The molecule has 0 unspecified atom stereocenters. The Hall–Kier alpha value is -3.50. The molecule has 3 aromatic rings. The Balaban J connectivity index is 1.36. The van der Waals surface area contributed by atoms with E-state index in [9.17, 15) is 14.7 Å². The van der Waals surface area contributed by atoms with Crippen LogP contribution in [0.15, 0.2) is 53.1 Å². The van der Waals surface area contributed by atoms with Gasteiger partial charge in [-0.2, -0.15) is 0 Å². The van der Waals surface area contributed by atoms with Gasteiger partial charge in [0.2, 0.25) is 11.0 Å². The number of nitrogens with one attached hydrogen (secondary N) is 1. The van der Waals surface area contributed by atoms with E-state index in [1.165, 1.54) is 16.2 Å². The molecular formula is C21H20N4O5S. The zero-order valence-electron chi connectivity index (χ0n) is 16.4. The molecule has 9 nitrogen and oxygen atoms in total. The van der Waals surface area contributed by atoms with Gasteiger partial charge in [0.25, 0.3) is 0 Å². The number of benzene rings is 1. The van der Waals surface area contributed by atoms with Crippen LogP contribution >= 0.6 is 11.3 Å². The first-order valence-corrected chi connectivity index (χ1v) is 10.4. The molecule has 160 valence electrons. The molecule has 0 bridgehead atoms. The zero-order valence-corrected chi connectivity index (χ0v) is 17.2. The highest BCUT2D eigenvalue weighted by Gasteiger charge is 2.40. The molecule has 1 aliphatic rings. The van der Waals surface area contributed by atoms with Gasteiger partial charge >= 0.3 is 6.09 Å². The summed E-state index contributed by atoms with van der Waals surface area (Å²) < 4.78 is 10.5. The van der Waals surface area contributed by atoms with E-state index in [4.69, 9.17) is 9.15 Å². The summed E-state index contributed by atoms with van der Waals surface area (Å²) in [4.78, 5) is 26.5. The van der Waals surface area contributed by atoms with Crippen molar-refractivity contribution in [3.8, 4) is 0 Å². The molecule has 1 saturated heterocycles. The number of aliphatic hydroxyl groups excluding tert-OH is 1. The van der Waals surface area contributed by atoms with Gasteiger partial charge < -0.3 is 14.3 Å². The number of furan rings is 1. The summed E-state index contributed by atoms with van der Waals surface area (Å²) in [6, 6.07) is 12.0. The lowest BCUT2D eigenvalue weighted by molar-refractivity contribution is -0.120. The Morgan fingerprint density at radius 3 is 2.84 bits per heavy atom. The number of likely N-dealkylation sites (tertiary alicyclic amines) is 1. The molecule has 31 heavy (non-hydrogen) atoms. The first kappa shape index (κ1) is 20.8. The Bertz CT molecular complexity index is 1050. The minimum Gasteiger partial charge on any atom is -0.465 e. The van der Waals surface area contributed by atoms with E-state index in [0.717, 1.165) is 5.56 Å². The van der Waals surface area contributed by atoms with Crippen LogP contribution in [0.3, 0.4) is 0 Å². The summed E-state index contributed by atoms with van der Waals surface area (Å²) in [5.41, 5.74) is 0.834. The van der Waals surface area contributed by atoms with Gasteiger partial charge in [0, 0.05) is 6.42 Å². The summed E-state index contributed by atoms with van der Waals surface area (Å²) in [6.45, 7) is 0.112. The highest BCUT2D eigenvalue weighted by Crippen LogP contribution is 2.23. The topological polar surface area (TPSA) is 118 Å². The number of rotatable bonds is 6. The van der Waals surface area contributed by atoms with Crippen LogP contribution < -0.4 is 5.32 Å². The first-order chi connectivity index (χ1) is 15.1. The Morgan fingerprint density at radius 2 is 2.06 bits per heavy atom. The van der Waals surface area contributed by atoms with Crippen molar-refractivity contribution in [2.45, 2.75) is 25.2 Å². The lowest BCUT2D eigenvalue weighted by Crippen LogP contribution is -2.43. The Kier molecular flexibility index (Phi) is 6.39. The third kappa shape index (κ3) is 5.36. The average Bonchev–Trinajstić information content (AvgIpc) is 3.52. The number of ether oxygens (including phenoxy) is 1. The van der Waals surface area contributed by atoms with E-state index in [0.29, 0.717) is 15.9 Å². The summed E-state index contributed by atoms with van der Waals surface area (Å²) in [7, 11) is 0. The van der Waals surface area contributed by atoms with Crippen LogP contribution in [0.5, 0.6) is 0 Å². The third-order valence-electron chi connectivity index (χ3n) is 4.63. The van der Waals surface area contributed by atoms with E-state index in [2.05, 4.69) is 15.5 Å². The molecule has 2 amide bonds. The monoisotopic (exact) mass is 440 g/mol. The van der Waals surface area contributed by atoms with Crippen molar-refractivity contribution in [1.29, 1.82) is 0 Å². The molecule has 0 radical (unpaired) electrons. The number of carbonyl (C=O) groups is 2. The van der Waals surface area contributed by atoms with Crippen molar-refractivity contribution in [2.24, 2.45) is 0 Å². The molecule has 0 spiro atoms. The number of anilines is 1. The van der Waals surface area contributed by atoms with Gasteiger partial charge in [0.05, 0.1) is 18.9 Å². The second-order valence-corrected chi connectivity index (χ2v) is 7.89. The number of hydrogen-bond acceptors (Lipinski definition) is 8. The summed E-state index contributed by atoms with van der Waals surface area (Å²) in [5, 5.41) is 21.5. The van der Waals surface area contributed by atoms with Crippen molar-refractivity contribution < 1.29 is 23.8 Å². The number of carbonyl (C=O) groups excluding carboxylic acids is 2. The molecule has 10 heteroatoms. The van der Waals surface area contributed by atoms with E-state index < -0.39 is 24.1 Å². The van der Waals surface area contributed by atoms with E-state index in [-0.39, 0.29) is 19.6 Å². The first-order valence-electron chi connectivity index (χ1n) is 9.60. The Labute approximate surface area is 182 Å². The van der Waals surface area contributed by atoms with Crippen molar-refractivity contribution in [3.05, 3.63) is 65.1 Å². The lowest BCUT2D eigenvalue weighted by Gasteiger charge is -2.22. The quantitative estimate of drug-likeness (QED) is 0.605. The minimum absolute atomic E-state index is 0.0267. The number of aromatic nitrogens is 2. The molecule has 4 rings (SSSR count). The third-order valence-corrected chi connectivity index (χ3v) is 5.43. The van der Waals surface area contributed by atoms with Crippen LogP contribution in [-0.4, -0.2) is 50.9 Å². The fraction of sp³-hybridized carbons (Fsp3) is 0.238. The highest BCUT2D eigenvalue weighted by molar-refractivity contribution is 7.16. The van der Waals surface area contributed by atoms with Gasteiger partial charge in [-0.15, -0.1) is 10.2 Å². The number of nitrogens with zero attached hydrogens (tertiary/aromatic N) is 3. The standard InChI is InChI=1S/C21H20N4O5S/c26-15-11-17(25(12-15)21(28)30-13-14-5-2-1-3-6-14)19(27)22-20-24-23-18(31-20)9-8-16-7-4-10-29-16/h1-10,15,17,26H,11-13H2,(H,22,24,27)/b9-8+/t15-,17+/m1/s1. The molecule has 1 aliphatic heterocycles. The zero-order chi connectivity index (χ0) is 21.6. The molecule has 1 aromatic carbocycles. The number of β-amino-alcohol motifs (C(OH)–C–C–N with tert-alkyl or cyclic N) is 1. The largest absolute Gasteiger partial charge is 0.465 e. The Morgan fingerprint density at radius 1 is 1.23 bits per heavy atom. The van der Waals surface area contributed by atoms with Gasteiger partial charge in [-0.25, -0.2) is 4.79 Å². The molecule has 0 aliphatic carbocycles. The minimum atomic E-state index is -0.857. The number of aliphatic hydroxyl groups is 1. The second-order valence-electron chi connectivity index (χ2n) is 6.88. The van der Waals surface area contributed by atoms with Crippen LogP contribution in [0.1, 0.15) is 22.8 Å². The van der Waals surface area contributed by atoms with Gasteiger partial charge in [0.1, 0.15) is 23.4 Å². The predicted octanol–water partition coefficient (Wildman–Crippen LogP) is 3.01. The maximum Gasteiger partial charge on any atom is 0.410 e. The number of amides is 2. The van der Waals surface area contributed by atoms with Crippen LogP contribution in [0.4, 0.5) is 9.93 Å². The van der Waals surface area contributed by atoms with Gasteiger partial charge in [-0.05, 0) is 29.8 Å². The molecule has 1 fully saturated rings. The van der Waals surface area contributed by atoms with Crippen LogP contribution in [0.25, 0.3) is 12.2 Å². The smallest absolute Gasteiger partial charge is 0.410 e. The van der Waals surface area contributed by atoms with Gasteiger partial charge in [-0.1, -0.05) is 41.7 Å². The van der Waals surface area contributed by atoms with E-state index in [1.807, 2.05) is 30.3 Å². The molecular weight excluding hydrogens is 420 g/mol. The maximum absolute atomic E-state index is 12.7. The highest BCUT2D eigenvalue weighted by atomic mass is 32.1. The number of hydrogen-bond donors (Lipinski definition) is 2. The maximum atomic E-state index is 12.7. The SMILES string of the molecule is O=C(Nc1nnc(/C=C/c2ccco2)s1)[C@@H]1C[C@@H](O)CN1C(=O)OCc1ccccc1. The summed E-state index contributed by atoms with van der Waals surface area (Å²) >= 11 is 1.18. The average molecular weight is 440 g/mol. The molecule has 0 saturated carbocycles. The van der Waals surface area contributed by atoms with E-state index >= 15 is 0 Å². The molecule has 2 atom stereocenters. The van der Waals surface area contributed by atoms with Crippen molar-refractivity contribution in [2.75, 3.05) is 11.9 Å². The van der Waals surface area contributed by atoms with Crippen LogP contribution in [0.2, 0.25) is 0 Å². The van der Waals surface area contributed by atoms with Crippen molar-refractivity contribution in [3.63, 3.8) is 0 Å². The molecule has 2 N–H and O–H groups in total. The molecule has 2 aromatic heterocycles.